The maximum atomic E-state index is 11.8. The lowest BCUT2D eigenvalue weighted by Crippen LogP contribution is -2.58. The molecule has 1 aromatic carbocycles. The molecule has 1 amide bonds. The number of amides is 1. The summed E-state index contributed by atoms with van der Waals surface area (Å²) in [7, 11) is 0. The summed E-state index contributed by atoms with van der Waals surface area (Å²) in [6.45, 7) is 8.90. The smallest absolute Gasteiger partial charge is 0.410 e. The molecule has 4 nitrogen and oxygen atoms in total. The fourth-order valence-electron chi connectivity index (χ4n) is 2.03. The van der Waals surface area contributed by atoms with E-state index in [-0.39, 0.29) is 12.1 Å². The Balaban J connectivity index is 1.85. The highest BCUT2D eigenvalue weighted by Gasteiger charge is 2.33. The number of likely N-dealkylation sites (tertiary alicyclic amines) is 1. The second-order valence-electron chi connectivity index (χ2n) is 6.14. The number of ether oxygens (including phenoxy) is 1. The van der Waals surface area contributed by atoms with Crippen molar-refractivity contribution in [2.24, 2.45) is 0 Å². The van der Waals surface area contributed by atoms with Crippen LogP contribution in [0, 0.1) is 6.92 Å². The van der Waals surface area contributed by atoms with Gasteiger partial charge in [0.25, 0.3) is 0 Å². The Morgan fingerprint density at radius 1 is 1.40 bits per heavy atom. The molecule has 0 saturated carbocycles. The normalized spacial score (nSPS) is 15.8. The molecular weight excluding hydrogens is 276 g/mol. The average molecular weight is 297 g/mol. The molecular formula is C15H21ClN2O2. The van der Waals surface area contributed by atoms with Crippen molar-refractivity contribution in [1.29, 1.82) is 0 Å². The van der Waals surface area contributed by atoms with Crippen molar-refractivity contribution < 1.29 is 9.53 Å². The van der Waals surface area contributed by atoms with Gasteiger partial charge in [0, 0.05) is 23.8 Å². The Hall–Kier alpha value is -1.42. The van der Waals surface area contributed by atoms with Crippen molar-refractivity contribution in [3.63, 3.8) is 0 Å². The number of halogens is 1. The first kappa shape index (κ1) is 15.0. The molecule has 0 aromatic heterocycles. The first-order valence-electron chi connectivity index (χ1n) is 6.76. The van der Waals surface area contributed by atoms with Crippen LogP contribution in [0.15, 0.2) is 18.2 Å². The standard InChI is InChI=1S/C15H21ClN2O2/c1-10-12(16)6-5-7-13(10)17-11-8-18(9-11)14(19)20-15(2,3)4/h5-7,11,17H,8-9H2,1-4H3. The molecule has 2 rings (SSSR count). The second-order valence-corrected chi connectivity index (χ2v) is 6.55. The van der Waals surface area contributed by atoms with Crippen molar-refractivity contribution in [3.8, 4) is 0 Å². The predicted molar refractivity (Wildman–Crippen MR) is 81.4 cm³/mol. The zero-order valence-electron chi connectivity index (χ0n) is 12.4. The molecule has 0 radical (unpaired) electrons. The number of benzene rings is 1. The highest BCUT2D eigenvalue weighted by Crippen LogP contribution is 2.25. The van der Waals surface area contributed by atoms with E-state index in [1.165, 1.54) is 0 Å². The van der Waals surface area contributed by atoms with Gasteiger partial charge in [-0.05, 0) is 45.4 Å². The predicted octanol–water partition coefficient (Wildman–Crippen LogP) is 3.68. The van der Waals surface area contributed by atoms with E-state index in [9.17, 15) is 4.79 Å². The summed E-state index contributed by atoms with van der Waals surface area (Å²) in [6.07, 6.45) is -0.252. The second kappa shape index (κ2) is 5.52. The number of nitrogens with zero attached hydrogens (tertiary/aromatic N) is 1. The highest BCUT2D eigenvalue weighted by molar-refractivity contribution is 6.31. The fraction of sp³-hybridized carbons (Fsp3) is 0.533. The Morgan fingerprint density at radius 2 is 2.05 bits per heavy atom. The number of rotatable bonds is 2. The molecule has 1 heterocycles. The average Bonchev–Trinajstić information content (AvgIpc) is 2.25. The maximum absolute atomic E-state index is 11.8. The van der Waals surface area contributed by atoms with Gasteiger partial charge in [0.1, 0.15) is 5.60 Å². The zero-order valence-corrected chi connectivity index (χ0v) is 13.1. The van der Waals surface area contributed by atoms with E-state index < -0.39 is 5.60 Å². The Morgan fingerprint density at radius 3 is 2.65 bits per heavy atom. The quantitative estimate of drug-likeness (QED) is 0.905. The number of anilines is 1. The van der Waals surface area contributed by atoms with E-state index in [4.69, 9.17) is 16.3 Å². The molecule has 1 saturated heterocycles. The van der Waals surface area contributed by atoms with E-state index in [1.54, 1.807) is 4.90 Å². The molecule has 1 aliphatic heterocycles. The van der Waals surface area contributed by atoms with Crippen LogP contribution in [0.3, 0.4) is 0 Å². The monoisotopic (exact) mass is 296 g/mol. The first-order chi connectivity index (χ1) is 9.26. The van der Waals surface area contributed by atoms with Crippen LogP contribution in [-0.4, -0.2) is 35.7 Å². The largest absolute Gasteiger partial charge is 0.444 e. The van der Waals surface area contributed by atoms with E-state index in [0.717, 1.165) is 16.3 Å². The summed E-state index contributed by atoms with van der Waals surface area (Å²) in [6, 6.07) is 6.04. The van der Waals surface area contributed by atoms with Crippen molar-refractivity contribution >= 4 is 23.4 Å². The van der Waals surface area contributed by atoms with Crippen molar-refractivity contribution in [2.45, 2.75) is 39.3 Å². The van der Waals surface area contributed by atoms with Gasteiger partial charge in [-0.25, -0.2) is 4.79 Å². The number of carbonyl (C=O) groups is 1. The van der Waals surface area contributed by atoms with E-state index >= 15 is 0 Å². The third kappa shape index (κ3) is 3.57. The van der Waals surface area contributed by atoms with E-state index in [2.05, 4.69) is 5.32 Å². The lowest BCUT2D eigenvalue weighted by Gasteiger charge is -2.40. The minimum atomic E-state index is -0.445. The number of nitrogens with one attached hydrogen (secondary N) is 1. The Labute approximate surface area is 125 Å². The van der Waals surface area contributed by atoms with Gasteiger partial charge in [-0.3, -0.25) is 0 Å². The third-order valence-corrected chi connectivity index (χ3v) is 3.57. The van der Waals surface area contributed by atoms with Gasteiger partial charge in [0.15, 0.2) is 0 Å². The zero-order chi connectivity index (χ0) is 14.9. The van der Waals surface area contributed by atoms with Crippen LogP contribution in [0.5, 0.6) is 0 Å². The molecule has 0 aliphatic carbocycles. The molecule has 5 heteroatoms. The highest BCUT2D eigenvalue weighted by atomic mass is 35.5. The summed E-state index contributed by atoms with van der Waals surface area (Å²) in [4.78, 5) is 13.5. The Kier molecular flexibility index (Phi) is 4.14. The summed E-state index contributed by atoms with van der Waals surface area (Å²) in [5.74, 6) is 0. The van der Waals surface area contributed by atoms with Crippen molar-refractivity contribution in [1.82, 2.24) is 4.90 Å². The minimum Gasteiger partial charge on any atom is -0.444 e. The molecule has 110 valence electrons. The van der Waals surface area contributed by atoms with Crippen LogP contribution in [0.1, 0.15) is 26.3 Å². The molecule has 1 aromatic rings. The lowest BCUT2D eigenvalue weighted by atomic mass is 10.1. The molecule has 1 fully saturated rings. The van der Waals surface area contributed by atoms with Gasteiger partial charge in [0.05, 0.1) is 6.04 Å². The van der Waals surface area contributed by atoms with Gasteiger partial charge < -0.3 is 15.0 Å². The summed E-state index contributed by atoms with van der Waals surface area (Å²) in [5, 5.41) is 4.15. The summed E-state index contributed by atoms with van der Waals surface area (Å²) < 4.78 is 5.32. The number of carbonyl (C=O) groups excluding carboxylic acids is 1. The minimum absolute atomic E-state index is 0.250. The third-order valence-electron chi connectivity index (χ3n) is 3.16. The lowest BCUT2D eigenvalue weighted by molar-refractivity contribution is 0.0105. The molecule has 1 aliphatic rings. The van der Waals surface area contributed by atoms with Crippen molar-refractivity contribution in [2.75, 3.05) is 18.4 Å². The van der Waals surface area contributed by atoms with Crippen LogP contribution in [-0.2, 0) is 4.74 Å². The maximum Gasteiger partial charge on any atom is 0.410 e. The van der Waals surface area contributed by atoms with Gasteiger partial charge in [0.2, 0.25) is 0 Å². The molecule has 0 unspecified atom stereocenters. The van der Waals surface area contributed by atoms with E-state index in [0.29, 0.717) is 13.1 Å². The van der Waals surface area contributed by atoms with Crippen LogP contribution in [0.25, 0.3) is 0 Å². The van der Waals surface area contributed by atoms with Gasteiger partial charge in [-0.2, -0.15) is 0 Å². The molecule has 20 heavy (non-hydrogen) atoms. The Bertz CT molecular complexity index is 505. The molecule has 1 N–H and O–H groups in total. The van der Waals surface area contributed by atoms with Crippen molar-refractivity contribution in [3.05, 3.63) is 28.8 Å². The molecule has 0 spiro atoms. The summed E-state index contributed by atoms with van der Waals surface area (Å²) >= 11 is 6.09. The van der Waals surface area contributed by atoms with Crippen LogP contribution >= 0.6 is 11.6 Å². The number of hydrogen-bond acceptors (Lipinski definition) is 3. The van der Waals surface area contributed by atoms with Gasteiger partial charge >= 0.3 is 6.09 Å². The number of hydrogen-bond donors (Lipinski definition) is 1. The first-order valence-corrected chi connectivity index (χ1v) is 7.13. The molecule has 0 atom stereocenters. The topological polar surface area (TPSA) is 41.6 Å². The molecule has 0 bridgehead atoms. The van der Waals surface area contributed by atoms with Crippen LogP contribution in [0.2, 0.25) is 5.02 Å². The summed E-state index contributed by atoms with van der Waals surface area (Å²) in [5.41, 5.74) is 1.61. The van der Waals surface area contributed by atoms with Crippen LogP contribution < -0.4 is 5.32 Å². The van der Waals surface area contributed by atoms with Gasteiger partial charge in [-0.1, -0.05) is 17.7 Å². The van der Waals surface area contributed by atoms with Crippen LogP contribution in [0.4, 0.5) is 10.5 Å². The van der Waals surface area contributed by atoms with E-state index in [1.807, 2.05) is 45.9 Å². The SMILES string of the molecule is Cc1c(Cl)cccc1NC1CN(C(=O)OC(C)(C)C)C1. The fourth-order valence-corrected chi connectivity index (χ4v) is 2.20. The van der Waals surface area contributed by atoms with Gasteiger partial charge in [-0.15, -0.1) is 0 Å².